The van der Waals surface area contributed by atoms with Gasteiger partial charge in [0.25, 0.3) is 0 Å². The minimum absolute atomic E-state index is 0. The summed E-state index contributed by atoms with van der Waals surface area (Å²) in [6.45, 7) is 0. The number of fused-ring (bicyclic) bond motifs is 2. The van der Waals surface area contributed by atoms with Crippen molar-refractivity contribution in [2.45, 2.75) is 37.8 Å². The SMILES string of the molecule is NC(CCc1nc2ccccc2[nH]1)C(=O)[O-].NC(CCc1nc2ccccc2[nH]1)C(=O)[O-].O.O.O.O.O.O.O.O.O.O.[Mg+2]. The molecule has 0 bridgehead atoms. The second-order valence-corrected chi connectivity index (χ2v) is 7.33. The molecule has 0 radical (unpaired) electrons. The maximum atomic E-state index is 10.4. The number of imidazole rings is 2. The number of aliphatic carboxylic acids is 2. The Hall–Kier alpha value is -3.39. The van der Waals surface area contributed by atoms with Crippen LogP contribution in [-0.4, -0.2) is 122 Å². The summed E-state index contributed by atoms with van der Waals surface area (Å²) in [5.41, 5.74) is 14.3. The number of carboxylic acid groups (broad SMARTS) is 2. The molecule has 2 atom stereocenters. The molecule has 21 heteroatoms. The summed E-state index contributed by atoms with van der Waals surface area (Å²) in [6.07, 6.45) is 1.65. The van der Waals surface area contributed by atoms with E-state index in [1.165, 1.54) is 0 Å². The number of hydrogen-bond donors (Lipinski definition) is 4. The van der Waals surface area contributed by atoms with Crippen molar-refractivity contribution < 1.29 is 74.6 Å². The van der Waals surface area contributed by atoms with Gasteiger partial charge in [-0.1, -0.05) is 24.3 Å². The molecule has 0 aliphatic heterocycles. The molecule has 0 aliphatic rings. The van der Waals surface area contributed by atoms with Crippen molar-refractivity contribution in [3.63, 3.8) is 0 Å². The number of nitrogens with one attached hydrogen (secondary N) is 2. The summed E-state index contributed by atoms with van der Waals surface area (Å²) in [5, 5.41) is 20.9. The fourth-order valence-electron chi connectivity index (χ4n) is 3.07. The minimum atomic E-state index is -1.23. The zero-order chi connectivity index (χ0) is 23.1. The van der Waals surface area contributed by atoms with Crippen molar-refractivity contribution in [3.8, 4) is 0 Å². The van der Waals surface area contributed by atoms with Gasteiger partial charge in [0.1, 0.15) is 11.6 Å². The molecule has 43 heavy (non-hydrogen) atoms. The van der Waals surface area contributed by atoms with Crippen molar-refractivity contribution in [1.82, 2.24) is 19.9 Å². The second kappa shape index (κ2) is 30.1. The van der Waals surface area contributed by atoms with Crippen LogP contribution < -0.4 is 21.7 Å². The van der Waals surface area contributed by atoms with Crippen LogP contribution in [0.2, 0.25) is 0 Å². The number of rotatable bonds is 8. The Kier molecular flexibility index (Phi) is 44.1. The average Bonchev–Trinajstić information content (AvgIpc) is 3.39. The summed E-state index contributed by atoms with van der Waals surface area (Å²) in [7, 11) is 0. The Labute approximate surface area is 260 Å². The van der Waals surface area contributed by atoms with Crippen LogP contribution in [0.3, 0.4) is 0 Å². The molecule has 4 aromatic rings. The van der Waals surface area contributed by atoms with Crippen molar-refractivity contribution in [2.75, 3.05) is 0 Å². The van der Waals surface area contributed by atoms with Crippen molar-refractivity contribution in [3.05, 3.63) is 60.2 Å². The molecule has 2 heterocycles. The number of nitrogens with two attached hydrogens (primary N) is 2. The Balaban J connectivity index is -0.0000000612. The Morgan fingerprint density at radius 3 is 1.14 bits per heavy atom. The number of aromatic amines is 2. The maximum Gasteiger partial charge on any atom is 2.00 e. The fraction of sp³-hybridized carbons (Fsp3) is 0.273. The number of carboxylic acids is 2. The fourth-order valence-corrected chi connectivity index (χ4v) is 3.07. The Bertz CT molecular complexity index is 1070. The third-order valence-corrected chi connectivity index (χ3v) is 4.87. The van der Waals surface area contributed by atoms with E-state index in [0.717, 1.165) is 33.7 Å². The van der Waals surface area contributed by atoms with Gasteiger partial charge in [0.05, 0.1) is 34.0 Å². The predicted octanol–water partition coefficient (Wildman–Crippen LogP) is -9.48. The van der Waals surface area contributed by atoms with Gasteiger partial charge >= 0.3 is 23.1 Å². The first-order valence-electron chi connectivity index (χ1n) is 10.1. The van der Waals surface area contributed by atoms with E-state index in [2.05, 4.69) is 19.9 Å². The number of H-pyrrole nitrogens is 2. The van der Waals surface area contributed by atoms with Gasteiger partial charge in [-0.2, -0.15) is 0 Å². The molecule has 2 aromatic heterocycles. The number of carbonyl (C=O) groups excluding carboxylic acids is 2. The molecule has 0 aliphatic carbocycles. The number of carbonyl (C=O) groups is 2. The Morgan fingerprint density at radius 1 is 0.605 bits per heavy atom. The number of hydrogen-bond acceptors (Lipinski definition) is 8. The number of aromatic nitrogens is 4. The maximum absolute atomic E-state index is 10.4. The predicted molar refractivity (Wildman–Crippen MR) is 157 cm³/mol. The normalized spacial score (nSPS) is 9.53. The summed E-state index contributed by atoms with van der Waals surface area (Å²) < 4.78 is 0. The number of benzene rings is 2. The second-order valence-electron chi connectivity index (χ2n) is 7.33. The quantitative estimate of drug-likeness (QED) is 0.134. The Morgan fingerprint density at radius 2 is 0.884 bits per heavy atom. The van der Waals surface area contributed by atoms with Gasteiger partial charge < -0.3 is 96.0 Å². The number of nitrogens with zero attached hydrogens (tertiary/aromatic N) is 2. The standard InChI is InChI=1S/2C11H13N3O2.Mg.10H2O/c2*12-7(11(15)16)5-6-10-13-8-3-1-2-4-9(8)14-10;;;;;;;;;;;/h2*1-4,7H,5-6,12H2,(H,13,14)(H,15,16);;10*1H2/q;;+2;;;;;;;;;;/p-2. The molecule has 2 unspecified atom stereocenters. The monoisotopic (exact) mass is 640 g/mol. The van der Waals surface area contributed by atoms with Crippen LogP contribution in [0.25, 0.3) is 22.1 Å². The van der Waals surface area contributed by atoms with Crippen LogP contribution in [0.5, 0.6) is 0 Å². The smallest absolute Gasteiger partial charge is 0.548 e. The zero-order valence-electron chi connectivity index (χ0n) is 23.0. The molecule has 248 valence electrons. The molecule has 4 rings (SSSR count). The van der Waals surface area contributed by atoms with Crippen molar-refractivity contribution in [1.29, 1.82) is 0 Å². The first-order valence-corrected chi connectivity index (χ1v) is 10.1. The molecule has 0 spiro atoms. The van der Waals surface area contributed by atoms with Crippen molar-refractivity contribution >= 4 is 57.1 Å². The van der Waals surface area contributed by atoms with Crippen LogP contribution in [0.15, 0.2) is 48.5 Å². The van der Waals surface area contributed by atoms with Gasteiger partial charge in [-0.15, -0.1) is 0 Å². The molecule has 20 nitrogen and oxygen atoms in total. The molecule has 0 amide bonds. The van der Waals surface area contributed by atoms with E-state index in [0.29, 0.717) is 25.7 Å². The van der Waals surface area contributed by atoms with E-state index in [1.807, 2.05) is 48.5 Å². The van der Waals surface area contributed by atoms with Gasteiger partial charge in [0.2, 0.25) is 0 Å². The number of para-hydroxylation sites is 4. The van der Waals surface area contributed by atoms with Crippen LogP contribution in [-0.2, 0) is 22.4 Å². The summed E-state index contributed by atoms with van der Waals surface area (Å²) >= 11 is 0. The first-order chi connectivity index (χ1) is 15.3. The van der Waals surface area contributed by atoms with Crippen LogP contribution in [0, 0.1) is 0 Å². The van der Waals surface area contributed by atoms with E-state index >= 15 is 0 Å². The van der Waals surface area contributed by atoms with E-state index < -0.39 is 24.0 Å². The summed E-state index contributed by atoms with van der Waals surface area (Å²) in [6, 6.07) is 13.4. The molecule has 0 saturated carbocycles. The molecule has 0 fully saturated rings. The van der Waals surface area contributed by atoms with Crippen LogP contribution >= 0.6 is 0 Å². The third-order valence-electron chi connectivity index (χ3n) is 4.87. The third kappa shape index (κ3) is 18.7. The minimum Gasteiger partial charge on any atom is -0.548 e. The van der Waals surface area contributed by atoms with Crippen LogP contribution in [0.1, 0.15) is 24.5 Å². The topological polar surface area (TPSA) is 505 Å². The van der Waals surface area contributed by atoms with Gasteiger partial charge in [-0.25, -0.2) is 9.97 Å². The van der Waals surface area contributed by atoms with Gasteiger partial charge in [-0.05, 0) is 37.1 Å². The van der Waals surface area contributed by atoms with E-state index in [-0.39, 0.29) is 77.8 Å². The van der Waals surface area contributed by atoms with Crippen molar-refractivity contribution in [2.24, 2.45) is 11.5 Å². The van der Waals surface area contributed by atoms with Crippen LogP contribution in [0.4, 0.5) is 0 Å². The number of aryl methyl sites for hydroxylation is 2. The van der Waals surface area contributed by atoms with E-state index in [4.69, 9.17) is 11.5 Å². The molecule has 0 saturated heterocycles. The van der Waals surface area contributed by atoms with Gasteiger partial charge in [0, 0.05) is 24.9 Å². The molecule has 26 N–H and O–H groups in total. The molecular weight excluding hydrogens is 597 g/mol. The first kappa shape index (κ1) is 63.0. The van der Waals surface area contributed by atoms with E-state index in [1.54, 1.807) is 0 Å². The molecular formula is C22H44MgN6O14. The summed E-state index contributed by atoms with van der Waals surface area (Å²) in [5.74, 6) is -0.956. The summed E-state index contributed by atoms with van der Waals surface area (Å²) in [4.78, 5) is 35.7. The molecule has 2 aromatic carbocycles. The van der Waals surface area contributed by atoms with E-state index in [9.17, 15) is 19.8 Å². The largest absolute Gasteiger partial charge is 2.00 e. The van der Waals surface area contributed by atoms with Gasteiger partial charge in [0.15, 0.2) is 0 Å². The zero-order valence-corrected chi connectivity index (χ0v) is 24.4. The van der Waals surface area contributed by atoms with Gasteiger partial charge in [-0.3, -0.25) is 0 Å². The average molecular weight is 641 g/mol.